The highest BCUT2D eigenvalue weighted by atomic mass is 35.5. The standard InChI is InChI=1S/C12H11Cl2N3/c1-17(12-6-11(14)15-8-16-12)7-9-2-4-10(13)5-3-9/h2-6,8H,7H2,1H3. The largest absolute Gasteiger partial charge is 0.355 e. The molecule has 5 heteroatoms. The van der Waals surface area contributed by atoms with Crippen molar-refractivity contribution < 1.29 is 0 Å². The molecule has 1 aromatic heterocycles. The molecule has 0 aliphatic carbocycles. The molecule has 0 amide bonds. The zero-order chi connectivity index (χ0) is 12.3. The van der Waals surface area contributed by atoms with E-state index < -0.39 is 0 Å². The first kappa shape index (κ1) is 12.1. The molecule has 2 rings (SSSR count). The van der Waals surface area contributed by atoms with Crippen LogP contribution in [0.25, 0.3) is 0 Å². The summed E-state index contributed by atoms with van der Waals surface area (Å²) in [6, 6.07) is 9.45. The molecule has 1 aromatic carbocycles. The van der Waals surface area contributed by atoms with Crippen LogP contribution in [0.4, 0.5) is 5.82 Å². The van der Waals surface area contributed by atoms with Gasteiger partial charge in [-0.3, -0.25) is 0 Å². The van der Waals surface area contributed by atoms with Crippen LogP contribution in [0.15, 0.2) is 36.7 Å². The lowest BCUT2D eigenvalue weighted by atomic mass is 10.2. The summed E-state index contributed by atoms with van der Waals surface area (Å²) in [4.78, 5) is 10.0. The van der Waals surface area contributed by atoms with Crippen molar-refractivity contribution in [3.05, 3.63) is 52.4 Å². The van der Waals surface area contributed by atoms with Gasteiger partial charge in [0.25, 0.3) is 0 Å². The molecule has 0 atom stereocenters. The van der Waals surface area contributed by atoms with Crippen LogP contribution in [0, 0.1) is 0 Å². The summed E-state index contributed by atoms with van der Waals surface area (Å²) in [7, 11) is 1.95. The highest BCUT2D eigenvalue weighted by Crippen LogP contribution is 2.16. The van der Waals surface area contributed by atoms with Crippen molar-refractivity contribution in [2.45, 2.75) is 6.54 Å². The summed E-state index contributed by atoms with van der Waals surface area (Å²) < 4.78 is 0. The molecule has 0 radical (unpaired) electrons. The molecule has 1 heterocycles. The van der Waals surface area contributed by atoms with E-state index in [1.165, 1.54) is 6.33 Å². The first-order valence-electron chi connectivity index (χ1n) is 5.08. The number of nitrogens with zero attached hydrogens (tertiary/aromatic N) is 3. The van der Waals surface area contributed by atoms with Crippen molar-refractivity contribution in [2.75, 3.05) is 11.9 Å². The summed E-state index contributed by atoms with van der Waals surface area (Å²) in [6.45, 7) is 0.741. The summed E-state index contributed by atoms with van der Waals surface area (Å²) in [6.07, 6.45) is 1.45. The third-order valence-corrected chi connectivity index (χ3v) is 2.80. The van der Waals surface area contributed by atoms with Crippen LogP contribution in [-0.2, 0) is 6.54 Å². The second-order valence-electron chi connectivity index (χ2n) is 3.68. The molecule has 3 nitrogen and oxygen atoms in total. The van der Waals surface area contributed by atoms with Gasteiger partial charge in [-0.2, -0.15) is 0 Å². The van der Waals surface area contributed by atoms with Crippen molar-refractivity contribution in [2.24, 2.45) is 0 Å². The lowest BCUT2D eigenvalue weighted by molar-refractivity contribution is 0.891. The third kappa shape index (κ3) is 3.32. The van der Waals surface area contributed by atoms with Gasteiger partial charge < -0.3 is 4.90 Å². The van der Waals surface area contributed by atoms with Crippen LogP contribution >= 0.6 is 23.2 Å². The van der Waals surface area contributed by atoms with Gasteiger partial charge in [-0.25, -0.2) is 9.97 Å². The van der Waals surface area contributed by atoms with Gasteiger partial charge in [-0.05, 0) is 17.7 Å². The highest BCUT2D eigenvalue weighted by molar-refractivity contribution is 6.30. The Morgan fingerprint density at radius 1 is 1.12 bits per heavy atom. The van der Waals surface area contributed by atoms with E-state index in [4.69, 9.17) is 23.2 Å². The molecule has 0 fully saturated rings. The van der Waals surface area contributed by atoms with Crippen molar-refractivity contribution in [1.82, 2.24) is 9.97 Å². The fourth-order valence-electron chi connectivity index (χ4n) is 1.48. The molecular weight excluding hydrogens is 257 g/mol. The number of halogens is 2. The average Bonchev–Trinajstić information content (AvgIpc) is 2.32. The van der Waals surface area contributed by atoms with Gasteiger partial charge in [0, 0.05) is 24.7 Å². The van der Waals surface area contributed by atoms with Crippen LogP contribution in [0.3, 0.4) is 0 Å². The van der Waals surface area contributed by atoms with E-state index >= 15 is 0 Å². The Bertz CT molecular complexity index is 499. The van der Waals surface area contributed by atoms with Crippen molar-refractivity contribution in [3.8, 4) is 0 Å². The Kier molecular flexibility index (Phi) is 3.82. The molecule has 0 N–H and O–H groups in total. The van der Waals surface area contributed by atoms with Crippen LogP contribution in [0.1, 0.15) is 5.56 Å². The number of hydrogen-bond donors (Lipinski definition) is 0. The highest BCUT2D eigenvalue weighted by Gasteiger charge is 2.04. The van der Waals surface area contributed by atoms with Crippen LogP contribution in [-0.4, -0.2) is 17.0 Å². The van der Waals surface area contributed by atoms with Crippen molar-refractivity contribution in [3.63, 3.8) is 0 Å². The molecule has 0 spiro atoms. The molecule has 88 valence electrons. The minimum atomic E-state index is 0.443. The van der Waals surface area contributed by atoms with Crippen molar-refractivity contribution >= 4 is 29.0 Å². The van der Waals surface area contributed by atoms with Crippen molar-refractivity contribution in [1.29, 1.82) is 0 Å². The van der Waals surface area contributed by atoms with Gasteiger partial charge in [0.05, 0.1) is 0 Å². The SMILES string of the molecule is CN(Cc1ccc(Cl)cc1)c1cc(Cl)ncn1. The zero-order valence-corrected chi connectivity index (χ0v) is 10.8. The van der Waals surface area contributed by atoms with E-state index in [-0.39, 0.29) is 0 Å². The third-order valence-electron chi connectivity index (χ3n) is 2.34. The van der Waals surface area contributed by atoms with E-state index in [1.807, 2.05) is 36.2 Å². The minimum absolute atomic E-state index is 0.443. The maximum absolute atomic E-state index is 5.83. The molecule has 2 aromatic rings. The fraction of sp³-hybridized carbons (Fsp3) is 0.167. The molecule has 0 unspecified atom stereocenters. The Labute approximate surface area is 110 Å². The zero-order valence-electron chi connectivity index (χ0n) is 9.27. The first-order valence-corrected chi connectivity index (χ1v) is 5.84. The van der Waals surface area contributed by atoms with Gasteiger partial charge in [0.15, 0.2) is 0 Å². The normalized spacial score (nSPS) is 10.3. The lowest BCUT2D eigenvalue weighted by Crippen LogP contribution is -2.17. The molecule has 0 bridgehead atoms. The van der Waals surface area contributed by atoms with E-state index in [0.29, 0.717) is 5.15 Å². The van der Waals surface area contributed by atoms with Crippen LogP contribution in [0.2, 0.25) is 10.2 Å². The minimum Gasteiger partial charge on any atom is -0.355 e. The Morgan fingerprint density at radius 2 is 1.82 bits per heavy atom. The second-order valence-corrected chi connectivity index (χ2v) is 4.51. The number of hydrogen-bond acceptors (Lipinski definition) is 3. The number of benzene rings is 1. The monoisotopic (exact) mass is 267 g/mol. The van der Waals surface area contributed by atoms with Crippen LogP contribution in [0.5, 0.6) is 0 Å². The summed E-state index contributed by atoms with van der Waals surface area (Å²) in [5.74, 6) is 0.792. The summed E-state index contributed by atoms with van der Waals surface area (Å²) in [5, 5.41) is 1.18. The molecular formula is C12H11Cl2N3. The number of aromatic nitrogens is 2. The second kappa shape index (κ2) is 5.34. The maximum Gasteiger partial charge on any atom is 0.134 e. The van der Waals surface area contributed by atoms with E-state index in [9.17, 15) is 0 Å². The molecule has 0 saturated carbocycles. The summed E-state index contributed by atoms with van der Waals surface area (Å²) >= 11 is 11.7. The molecule has 17 heavy (non-hydrogen) atoms. The molecule has 0 aliphatic heterocycles. The van der Waals surface area contributed by atoms with Gasteiger partial charge in [-0.15, -0.1) is 0 Å². The topological polar surface area (TPSA) is 29.0 Å². The predicted octanol–water partition coefficient (Wildman–Crippen LogP) is 3.42. The van der Waals surface area contributed by atoms with E-state index in [2.05, 4.69) is 9.97 Å². The Hall–Kier alpha value is -1.32. The van der Waals surface area contributed by atoms with Crippen LogP contribution < -0.4 is 4.90 Å². The average molecular weight is 268 g/mol. The maximum atomic E-state index is 5.83. The smallest absolute Gasteiger partial charge is 0.134 e. The van der Waals surface area contributed by atoms with Gasteiger partial charge >= 0.3 is 0 Å². The number of anilines is 1. The van der Waals surface area contributed by atoms with Gasteiger partial charge in [-0.1, -0.05) is 35.3 Å². The van der Waals surface area contributed by atoms with E-state index in [0.717, 1.165) is 22.9 Å². The number of rotatable bonds is 3. The summed E-state index contributed by atoms with van der Waals surface area (Å²) in [5.41, 5.74) is 1.16. The Balaban J connectivity index is 2.11. The fourth-order valence-corrected chi connectivity index (χ4v) is 1.74. The Morgan fingerprint density at radius 3 is 2.47 bits per heavy atom. The lowest BCUT2D eigenvalue weighted by Gasteiger charge is -2.17. The molecule has 0 aliphatic rings. The predicted molar refractivity (Wildman–Crippen MR) is 70.6 cm³/mol. The molecule has 0 saturated heterocycles. The first-order chi connectivity index (χ1) is 8.15. The van der Waals surface area contributed by atoms with E-state index in [1.54, 1.807) is 6.07 Å². The van der Waals surface area contributed by atoms with Gasteiger partial charge in [0.1, 0.15) is 17.3 Å². The quantitative estimate of drug-likeness (QED) is 0.799. The van der Waals surface area contributed by atoms with Gasteiger partial charge in [0.2, 0.25) is 0 Å².